The van der Waals surface area contributed by atoms with E-state index in [9.17, 15) is 8.42 Å². The molecule has 6 heteroatoms. The highest BCUT2D eigenvalue weighted by atomic mass is 35.5. The second-order valence-corrected chi connectivity index (χ2v) is 7.61. The first-order valence-corrected chi connectivity index (χ1v) is 9.18. The van der Waals surface area contributed by atoms with Crippen molar-refractivity contribution in [3.8, 4) is 0 Å². The number of hydrogen-bond acceptors (Lipinski definition) is 2. The molecule has 1 aromatic heterocycles. The van der Waals surface area contributed by atoms with Gasteiger partial charge in [-0.05, 0) is 48.5 Å². The van der Waals surface area contributed by atoms with Gasteiger partial charge in [-0.15, -0.1) is 0 Å². The van der Waals surface area contributed by atoms with Gasteiger partial charge in [-0.1, -0.05) is 29.8 Å². The minimum atomic E-state index is -3.65. The van der Waals surface area contributed by atoms with Crippen molar-refractivity contribution in [2.45, 2.75) is 4.90 Å². The molecule has 24 heavy (non-hydrogen) atoms. The number of fused-ring (bicyclic) bond motifs is 3. The number of anilines is 1. The maximum Gasteiger partial charge on any atom is 0.261 e. The summed E-state index contributed by atoms with van der Waals surface area (Å²) < 4.78 is 27.6. The number of hydrogen-bond donors (Lipinski definition) is 2. The van der Waals surface area contributed by atoms with Crippen LogP contribution in [0.15, 0.2) is 71.6 Å². The van der Waals surface area contributed by atoms with Crippen LogP contribution in [0.4, 0.5) is 5.69 Å². The van der Waals surface area contributed by atoms with Crippen molar-refractivity contribution in [1.82, 2.24) is 4.98 Å². The third kappa shape index (κ3) is 2.62. The molecule has 4 aromatic rings. The van der Waals surface area contributed by atoms with Gasteiger partial charge in [-0.2, -0.15) is 0 Å². The molecule has 0 aliphatic heterocycles. The van der Waals surface area contributed by atoms with Gasteiger partial charge in [0.05, 0.1) is 4.90 Å². The highest BCUT2D eigenvalue weighted by Crippen LogP contribution is 2.28. The lowest BCUT2D eigenvalue weighted by Gasteiger charge is -2.08. The molecule has 0 amide bonds. The van der Waals surface area contributed by atoms with Crippen LogP contribution in [0.5, 0.6) is 0 Å². The van der Waals surface area contributed by atoms with Crippen molar-refractivity contribution in [1.29, 1.82) is 0 Å². The molecule has 0 aliphatic carbocycles. The van der Waals surface area contributed by atoms with Crippen LogP contribution in [0.25, 0.3) is 21.8 Å². The van der Waals surface area contributed by atoms with E-state index in [-0.39, 0.29) is 4.90 Å². The number of aromatic nitrogens is 1. The van der Waals surface area contributed by atoms with Crippen molar-refractivity contribution in [2.75, 3.05) is 4.72 Å². The lowest BCUT2D eigenvalue weighted by Crippen LogP contribution is -2.12. The van der Waals surface area contributed by atoms with E-state index in [1.165, 1.54) is 12.1 Å². The van der Waals surface area contributed by atoms with Crippen molar-refractivity contribution < 1.29 is 8.42 Å². The highest BCUT2D eigenvalue weighted by Gasteiger charge is 2.14. The molecule has 2 N–H and O–H groups in total. The Balaban J connectivity index is 1.76. The molecule has 0 unspecified atom stereocenters. The van der Waals surface area contributed by atoms with Gasteiger partial charge in [0.25, 0.3) is 10.0 Å². The summed E-state index contributed by atoms with van der Waals surface area (Å²) >= 11 is 5.81. The standard InChI is InChI=1S/C18H13ClN2O2S/c19-12-5-8-14(9-6-12)24(22,23)21-13-7-10-18-16(11-13)15-3-1-2-4-17(15)20-18/h1-11,20-21H. The van der Waals surface area contributed by atoms with Gasteiger partial charge < -0.3 is 4.98 Å². The predicted octanol–water partition coefficient (Wildman–Crippen LogP) is 4.78. The van der Waals surface area contributed by atoms with Crippen molar-refractivity contribution in [3.05, 3.63) is 71.8 Å². The fraction of sp³-hybridized carbons (Fsp3) is 0. The molecular weight excluding hydrogens is 344 g/mol. The summed E-state index contributed by atoms with van der Waals surface area (Å²) in [7, 11) is -3.65. The molecule has 0 spiro atoms. The zero-order valence-electron chi connectivity index (χ0n) is 12.5. The third-order valence-corrected chi connectivity index (χ3v) is 5.53. The van der Waals surface area contributed by atoms with Gasteiger partial charge in [0, 0.05) is 32.5 Å². The zero-order valence-corrected chi connectivity index (χ0v) is 14.0. The average Bonchev–Trinajstić information content (AvgIpc) is 2.93. The molecule has 0 saturated carbocycles. The van der Waals surface area contributed by atoms with Crippen LogP contribution in [0.2, 0.25) is 5.02 Å². The number of benzene rings is 3. The molecule has 0 aliphatic rings. The van der Waals surface area contributed by atoms with Crippen LogP contribution in [-0.2, 0) is 10.0 Å². The number of aromatic amines is 1. The average molecular weight is 357 g/mol. The summed E-state index contributed by atoms with van der Waals surface area (Å²) in [5, 5.41) is 2.52. The minimum absolute atomic E-state index is 0.172. The summed E-state index contributed by atoms with van der Waals surface area (Å²) in [6.07, 6.45) is 0. The number of halogens is 1. The molecule has 0 atom stereocenters. The van der Waals surface area contributed by atoms with Crippen LogP contribution in [-0.4, -0.2) is 13.4 Å². The van der Waals surface area contributed by atoms with Crippen molar-refractivity contribution in [2.24, 2.45) is 0 Å². The third-order valence-electron chi connectivity index (χ3n) is 3.88. The van der Waals surface area contributed by atoms with Crippen LogP contribution < -0.4 is 4.72 Å². The predicted molar refractivity (Wildman–Crippen MR) is 98.1 cm³/mol. The Hall–Kier alpha value is -2.50. The molecule has 0 bridgehead atoms. The number of nitrogens with one attached hydrogen (secondary N) is 2. The van der Waals surface area contributed by atoms with Crippen LogP contribution in [0, 0.1) is 0 Å². The second kappa shape index (κ2) is 5.54. The van der Waals surface area contributed by atoms with E-state index in [2.05, 4.69) is 9.71 Å². The van der Waals surface area contributed by atoms with Gasteiger partial charge in [0.2, 0.25) is 0 Å². The molecule has 0 fully saturated rings. The minimum Gasteiger partial charge on any atom is -0.355 e. The molecule has 1 heterocycles. The van der Waals surface area contributed by atoms with Crippen molar-refractivity contribution >= 4 is 49.1 Å². The zero-order chi connectivity index (χ0) is 16.7. The van der Waals surface area contributed by atoms with Gasteiger partial charge >= 0.3 is 0 Å². The lowest BCUT2D eigenvalue weighted by molar-refractivity contribution is 0.601. The monoisotopic (exact) mass is 356 g/mol. The number of H-pyrrole nitrogens is 1. The van der Waals surface area contributed by atoms with Gasteiger partial charge in [0.15, 0.2) is 0 Å². The largest absolute Gasteiger partial charge is 0.355 e. The SMILES string of the molecule is O=S(=O)(Nc1ccc2[nH]c3ccccc3c2c1)c1ccc(Cl)cc1. The maximum atomic E-state index is 12.5. The second-order valence-electron chi connectivity index (χ2n) is 5.49. The topological polar surface area (TPSA) is 62.0 Å². The lowest BCUT2D eigenvalue weighted by atomic mass is 10.1. The van der Waals surface area contributed by atoms with E-state index >= 15 is 0 Å². The Morgan fingerprint density at radius 1 is 0.833 bits per heavy atom. The molecular formula is C18H13ClN2O2S. The van der Waals surface area contributed by atoms with Crippen LogP contribution in [0.3, 0.4) is 0 Å². The number of sulfonamides is 1. The smallest absolute Gasteiger partial charge is 0.261 e. The Bertz CT molecular complexity index is 1150. The maximum absolute atomic E-state index is 12.5. The normalized spacial score (nSPS) is 11.9. The fourth-order valence-corrected chi connectivity index (χ4v) is 3.91. The van der Waals surface area contributed by atoms with E-state index in [4.69, 9.17) is 11.6 Å². The number of rotatable bonds is 3. The van der Waals surface area contributed by atoms with E-state index < -0.39 is 10.0 Å². The molecule has 4 rings (SSSR count). The van der Waals surface area contributed by atoms with Crippen molar-refractivity contribution in [3.63, 3.8) is 0 Å². The molecule has 0 saturated heterocycles. The van der Waals surface area contributed by atoms with E-state index in [0.717, 1.165) is 21.8 Å². The van der Waals surface area contributed by atoms with E-state index in [1.54, 1.807) is 18.2 Å². The quantitative estimate of drug-likeness (QED) is 0.555. The summed E-state index contributed by atoms with van der Waals surface area (Å²) in [5.74, 6) is 0. The first kappa shape index (κ1) is 15.1. The summed E-state index contributed by atoms with van der Waals surface area (Å²) in [4.78, 5) is 3.49. The Morgan fingerprint density at radius 2 is 1.54 bits per heavy atom. The van der Waals surface area contributed by atoms with E-state index in [0.29, 0.717) is 10.7 Å². The van der Waals surface area contributed by atoms with Crippen LogP contribution in [0.1, 0.15) is 0 Å². The summed E-state index contributed by atoms with van der Waals surface area (Å²) in [5.41, 5.74) is 2.50. The first-order valence-electron chi connectivity index (χ1n) is 7.32. The molecule has 0 radical (unpaired) electrons. The Morgan fingerprint density at radius 3 is 2.33 bits per heavy atom. The van der Waals surface area contributed by atoms with Crippen LogP contribution >= 0.6 is 11.6 Å². The molecule has 120 valence electrons. The van der Waals surface area contributed by atoms with Gasteiger partial charge in [0.1, 0.15) is 0 Å². The Labute approximate surface area is 144 Å². The Kier molecular flexibility index (Phi) is 3.48. The molecule has 3 aromatic carbocycles. The van der Waals surface area contributed by atoms with Gasteiger partial charge in [-0.3, -0.25) is 4.72 Å². The highest BCUT2D eigenvalue weighted by molar-refractivity contribution is 7.92. The van der Waals surface area contributed by atoms with E-state index in [1.807, 2.05) is 36.4 Å². The fourth-order valence-electron chi connectivity index (χ4n) is 2.74. The first-order chi connectivity index (χ1) is 11.5. The molecule has 4 nitrogen and oxygen atoms in total. The number of para-hydroxylation sites is 1. The summed E-state index contributed by atoms with van der Waals surface area (Å²) in [6, 6.07) is 19.4. The summed E-state index contributed by atoms with van der Waals surface area (Å²) in [6.45, 7) is 0. The van der Waals surface area contributed by atoms with Gasteiger partial charge in [-0.25, -0.2) is 8.42 Å².